The van der Waals surface area contributed by atoms with E-state index in [1.54, 1.807) is 0 Å². The Morgan fingerprint density at radius 1 is 1.19 bits per heavy atom. The van der Waals surface area contributed by atoms with Crippen LogP contribution in [-0.4, -0.2) is 18.5 Å². The molecule has 0 atom stereocenters. The van der Waals surface area contributed by atoms with Gasteiger partial charge >= 0.3 is 5.51 Å². The van der Waals surface area contributed by atoms with Crippen LogP contribution in [0.2, 0.25) is 0 Å². The first-order valence-electron chi connectivity index (χ1n) is 6.63. The Bertz CT molecular complexity index is 516. The van der Waals surface area contributed by atoms with Crippen molar-refractivity contribution in [2.45, 2.75) is 51.6 Å². The van der Waals surface area contributed by atoms with Crippen LogP contribution >= 0.6 is 0 Å². The van der Waals surface area contributed by atoms with Gasteiger partial charge < -0.3 is 4.55 Å². The summed E-state index contributed by atoms with van der Waals surface area (Å²) in [4.78, 5) is 0. The minimum absolute atomic E-state index is 1.13. The molecule has 0 spiro atoms. The van der Waals surface area contributed by atoms with E-state index < -0.39 is 15.6 Å². The van der Waals surface area contributed by atoms with Gasteiger partial charge in [0, 0.05) is 25.0 Å². The highest BCUT2D eigenvalue weighted by Gasteiger charge is 2.36. The molecule has 0 aliphatic rings. The Balaban J connectivity index is 0.000000433. The second kappa shape index (κ2) is 8.99. The molecule has 0 unspecified atom stereocenters. The molecule has 0 aliphatic heterocycles. The van der Waals surface area contributed by atoms with Crippen molar-refractivity contribution in [3.8, 4) is 0 Å². The molecule has 1 aromatic rings. The first-order valence-corrected chi connectivity index (χ1v) is 8.03. The lowest BCUT2D eigenvalue weighted by atomic mass is 10.2. The fraction of sp³-hybridized carbons (Fsp3) is 0.615. The molecule has 0 aliphatic carbocycles. The monoisotopic (exact) mass is 327 g/mol. The summed E-state index contributed by atoms with van der Waals surface area (Å²) in [5, 5.41) is 0. The highest BCUT2D eigenvalue weighted by Crippen LogP contribution is 2.20. The van der Waals surface area contributed by atoms with Crippen molar-refractivity contribution in [3.63, 3.8) is 0 Å². The molecule has 0 saturated carbocycles. The number of nitrogens with zero attached hydrogens (tertiary/aromatic N) is 1. The van der Waals surface area contributed by atoms with E-state index in [4.69, 9.17) is 13.0 Å². The van der Waals surface area contributed by atoms with E-state index in [-0.39, 0.29) is 0 Å². The third-order valence-corrected chi connectivity index (χ3v) is 3.25. The van der Waals surface area contributed by atoms with Crippen molar-refractivity contribution in [1.29, 1.82) is 0 Å². The molecule has 122 valence electrons. The van der Waals surface area contributed by atoms with E-state index in [1.807, 2.05) is 0 Å². The normalized spacial score (nSPS) is 11.7. The fourth-order valence-electron chi connectivity index (χ4n) is 1.58. The molecule has 1 heterocycles. The van der Waals surface area contributed by atoms with Crippen LogP contribution in [-0.2, 0) is 23.1 Å². The van der Waals surface area contributed by atoms with Crippen LogP contribution in [0.3, 0.4) is 0 Å². The summed E-state index contributed by atoms with van der Waals surface area (Å²) in [7, 11) is -6.09. The Morgan fingerprint density at radius 2 is 1.76 bits per heavy atom. The lowest BCUT2D eigenvalue weighted by molar-refractivity contribution is -0.704. The Hall–Kier alpha value is -1.15. The molecule has 0 N–H and O–H groups in total. The summed E-state index contributed by atoms with van der Waals surface area (Å²) in [6, 6.07) is 6.45. The molecule has 0 amide bonds. The van der Waals surface area contributed by atoms with Crippen LogP contribution < -0.4 is 4.57 Å². The molecular formula is C13H20F3NO3S. The number of alkyl halides is 3. The lowest BCUT2D eigenvalue weighted by Crippen LogP contribution is -2.37. The van der Waals surface area contributed by atoms with E-state index in [0.29, 0.717) is 0 Å². The third kappa shape index (κ3) is 8.01. The minimum atomic E-state index is -6.09. The van der Waals surface area contributed by atoms with E-state index in [9.17, 15) is 13.2 Å². The predicted octanol–water partition coefficient (Wildman–Crippen LogP) is 2.78. The van der Waals surface area contributed by atoms with Crippen molar-refractivity contribution in [2.75, 3.05) is 0 Å². The molecular weight excluding hydrogens is 307 g/mol. The topological polar surface area (TPSA) is 61.1 Å². The summed E-state index contributed by atoms with van der Waals surface area (Å²) in [5.41, 5.74) is -4.20. The average Bonchev–Trinajstić information content (AvgIpc) is 2.38. The van der Waals surface area contributed by atoms with Crippen LogP contribution in [0, 0.1) is 0 Å². The zero-order valence-corrected chi connectivity index (χ0v) is 12.9. The maximum absolute atomic E-state index is 10.7. The first kappa shape index (κ1) is 19.9. The number of pyridine rings is 1. The number of aromatic nitrogens is 1. The highest BCUT2D eigenvalue weighted by molar-refractivity contribution is 7.86. The molecule has 0 fully saturated rings. The van der Waals surface area contributed by atoms with Crippen LogP contribution in [0.4, 0.5) is 13.2 Å². The van der Waals surface area contributed by atoms with Crippen LogP contribution in [0.15, 0.2) is 24.4 Å². The van der Waals surface area contributed by atoms with E-state index >= 15 is 0 Å². The zero-order chi connectivity index (χ0) is 16.5. The summed E-state index contributed by atoms with van der Waals surface area (Å²) in [5.74, 6) is 0. The number of rotatable bonds is 5. The largest absolute Gasteiger partial charge is 0.741 e. The Kier molecular flexibility index (Phi) is 8.50. The van der Waals surface area contributed by atoms with Gasteiger partial charge in [0.1, 0.15) is 6.54 Å². The van der Waals surface area contributed by atoms with Gasteiger partial charge in [-0.3, -0.25) is 0 Å². The van der Waals surface area contributed by atoms with E-state index in [2.05, 4.69) is 42.8 Å². The van der Waals surface area contributed by atoms with Crippen molar-refractivity contribution in [3.05, 3.63) is 30.1 Å². The smallest absolute Gasteiger partial charge is 0.485 e. The quantitative estimate of drug-likeness (QED) is 0.362. The Labute approximate surface area is 123 Å². The van der Waals surface area contributed by atoms with Crippen LogP contribution in [0.1, 0.15) is 38.8 Å². The van der Waals surface area contributed by atoms with Crippen molar-refractivity contribution in [1.82, 2.24) is 0 Å². The van der Waals surface area contributed by atoms with Gasteiger partial charge in [-0.1, -0.05) is 26.3 Å². The van der Waals surface area contributed by atoms with E-state index in [1.165, 1.54) is 31.5 Å². The number of unbranched alkanes of at least 4 members (excludes halogenated alkanes) is 2. The average molecular weight is 327 g/mol. The van der Waals surface area contributed by atoms with Gasteiger partial charge in [0.05, 0.1) is 0 Å². The standard InChI is InChI=1S/C12H20N.CHF3O3S/c1-3-5-7-10-13-11-8-6-9-12(13)4-2;2-1(3,4)8(5,6)7/h6,8-9,11H,3-5,7,10H2,1-2H3;(H,5,6,7)/q+1;/p-1. The van der Waals surface area contributed by atoms with Crippen LogP contribution in [0.5, 0.6) is 0 Å². The summed E-state index contributed by atoms with van der Waals surface area (Å²) in [6.07, 6.45) is 7.26. The van der Waals surface area contributed by atoms with Crippen molar-refractivity contribution >= 4 is 10.1 Å². The van der Waals surface area contributed by atoms with E-state index in [0.717, 1.165) is 6.42 Å². The van der Waals surface area contributed by atoms with Gasteiger partial charge in [-0.15, -0.1) is 0 Å². The number of halogens is 3. The third-order valence-electron chi connectivity index (χ3n) is 2.68. The molecule has 0 radical (unpaired) electrons. The fourth-order valence-corrected chi connectivity index (χ4v) is 1.58. The van der Waals surface area contributed by atoms with Gasteiger partial charge in [0.25, 0.3) is 0 Å². The molecule has 0 aromatic carbocycles. The summed E-state index contributed by atoms with van der Waals surface area (Å²) in [6.45, 7) is 5.64. The number of hydrogen-bond acceptors (Lipinski definition) is 3. The highest BCUT2D eigenvalue weighted by atomic mass is 32.2. The Morgan fingerprint density at radius 3 is 2.19 bits per heavy atom. The molecule has 21 heavy (non-hydrogen) atoms. The maximum Gasteiger partial charge on any atom is 0.485 e. The number of aryl methyl sites for hydroxylation is 2. The van der Waals surface area contributed by atoms with Gasteiger partial charge in [0.15, 0.2) is 22.0 Å². The predicted molar refractivity (Wildman–Crippen MR) is 71.3 cm³/mol. The SMILES string of the molecule is CCCCC[n+]1ccccc1CC.O=S(=O)([O-])C(F)(F)F. The molecule has 8 heteroatoms. The second-order valence-corrected chi connectivity index (χ2v) is 5.72. The second-order valence-electron chi connectivity index (χ2n) is 4.35. The first-order chi connectivity index (χ1) is 9.63. The van der Waals surface area contributed by atoms with Gasteiger partial charge in [0.2, 0.25) is 0 Å². The minimum Gasteiger partial charge on any atom is -0.741 e. The molecule has 4 nitrogen and oxygen atoms in total. The summed E-state index contributed by atoms with van der Waals surface area (Å²) >= 11 is 0. The number of hydrogen-bond donors (Lipinski definition) is 0. The molecule has 0 bridgehead atoms. The molecule has 1 rings (SSSR count). The van der Waals surface area contributed by atoms with Crippen molar-refractivity contribution < 1.29 is 30.7 Å². The van der Waals surface area contributed by atoms with Gasteiger partial charge in [-0.2, -0.15) is 13.2 Å². The molecule has 1 aromatic heterocycles. The lowest BCUT2D eigenvalue weighted by Gasteiger charge is -2.08. The van der Waals surface area contributed by atoms with Crippen LogP contribution in [0.25, 0.3) is 0 Å². The maximum atomic E-state index is 10.7. The van der Waals surface area contributed by atoms with Gasteiger partial charge in [-0.05, 0) is 6.42 Å². The molecule has 0 saturated heterocycles. The summed E-state index contributed by atoms with van der Waals surface area (Å²) < 4.78 is 61.3. The zero-order valence-electron chi connectivity index (χ0n) is 12.1. The van der Waals surface area contributed by atoms with Gasteiger partial charge in [-0.25, -0.2) is 13.0 Å². The van der Waals surface area contributed by atoms with Crippen molar-refractivity contribution in [2.24, 2.45) is 0 Å².